The van der Waals surface area contributed by atoms with E-state index in [1.54, 1.807) is 6.20 Å². The highest BCUT2D eigenvalue weighted by Gasteiger charge is 2.16. The fourth-order valence-electron chi connectivity index (χ4n) is 3.42. The van der Waals surface area contributed by atoms with E-state index in [4.69, 9.17) is 9.84 Å². The fourth-order valence-corrected chi connectivity index (χ4v) is 3.42. The van der Waals surface area contributed by atoms with E-state index in [-0.39, 0.29) is 0 Å². The minimum Gasteiger partial charge on any atom is -0.444 e. The van der Waals surface area contributed by atoms with Crippen LogP contribution in [0.1, 0.15) is 47.8 Å². The van der Waals surface area contributed by atoms with Crippen LogP contribution in [-0.4, -0.2) is 40.2 Å². The Morgan fingerprint density at radius 2 is 1.52 bits per heavy atom. The SMILES string of the molecule is CO.Cc1cccc2c(C=O)c[nH]c12.Cc1cccc2c(CNC(=O)OC(C)(C)C)c[nH]c12. The molecule has 7 nitrogen and oxygen atoms in total. The molecule has 7 heteroatoms. The van der Waals surface area contributed by atoms with E-state index < -0.39 is 11.7 Å². The van der Waals surface area contributed by atoms with Gasteiger partial charge in [0.25, 0.3) is 0 Å². The van der Waals surface area contributed by atoms with Crippen LogP contribution in [0.25, 0.3) is 21.8 Å². The second-order valence-electron chi connectivity index (χ2n) is 8.53. The molecule has 0 spiro atoms. The summed E-state index contributed by atoms with van der Waals surface area (Å²) in [5.41, 5.74) is 5.85. The monoisotopic (exact) mass is 451 g/mol. The number of benzene rings is 2. The highest BCUT2D eigenvalue weighted by atomic mass is 16.6. The summed E-state index contributed by atoms with van der Waals surface area (Å²) < 4.78 is 5.21. The molecule has 0 unspecified atom stereocenters. The first kappa shape index (κ1) is 25.7. The van der Waals surface area contributed by atoms with E-state index in [1.165, 1.54) is 11.1 Å². The van der Waals surface area contributed by atoms with Crippen molar-refractivity contribution in [3.8, 4) is 0 Å². The van der Waals surface area contributed by atoms with Crippen molar-refractivity contribution in [1.82, 2.24) is 15.3 Å². The van der Waals surface area contributed by atoms with Gasteiger partial charge >= 0.3 is 6.09 Å². The van der Waals surface area contributed by atoms with Gasteiger partial charge in [-0.05, 0) is 51.3 Å². The number of nitrogens with one attached hydrogen (secondary N) is 3. The Kier molecular flexibility index (Phi) is 8.82. The van der Waals surface area contributed by atoms with E-state index >= 15 is 0 Å². The predicted octanol–water partition coefficient (Wildman–Crippen LogP) is 5.40. The first-order chi connectivity index (χ1) is 15.7. The third-order valence-electron chi connectivity index (χ3n) is 4.91. The lowest BCUT2D eigenvalue weighted by Crippen LogP contribution is -2.32. The quantitative estimate of drug-likeness (QED) is 0.313. The van der Waals surface area contributed by atoms with Crippen LogP contribution in [0.15, 0.2) is 48.8 Å². The first-order valence-corrected chi connectivity index (χ1v) is 10.7. The number of aromatic amines is 2. The summed E-state index contributed by atoms with van der Waals surface area (Å²) in [7, 11) is 1.00. The third kappa shape index (κ3) is 6.70. The minimum atomic E-state index is -0.471. The van der Waals surface area contributed by atoms with Crippen molar-refractivity contribution >= 4 is 34.2 Å². The first-order valence-electron chi connectivity index (χ1n) is 10.7. The molecule has 2 aromatic heterocycles. The Hall–Kier alpha value is -3.58. The number of H-pyrrole nitrogens is 2. The zero-order valence-electron chi connectivity index (χ0n) is 20.1. The molecule has 4 rings (SSSR count). The molecule has 4 aromatic rings. The summed E-state index contributed by atoms with van der Waals surface area (Å²) in [5, 5.41) is 11.9. The molecule has 33 heavy (non-hydrogen) atoms. The summed E-state index contributed by atoms with van der Waals surface area (Å²) in [6.45, 7) is 10.1. The van der Waals surface area contributed by atoms with Crippen LogP contribution < -0.4 is 5.32 Å². The molecule has 0 atom stereocenters. The van der Waals surface area contributed by atoms with Gasteiger partial charge in [-0.25, -0.2) is 4.79 Å². The average molecular weight is 452 g/mol. The molecule has 176 valence electrons. The fraction of sp³-hybridized carbons (Fsp3) is 0.308. The molecule has 0 saturated carbocycles. The number of para-hydroxylation sites is 2. The molecular weight excluding hydrogens is 418 g/mol. The summed E-state index contributed by atoms with van der Waals surface area (Å²) >= 11 is 0. The number of aldehydes is 1. The zero-order chi connectivity index (χ0) is 24.6. The van der Waals surface area contributed by atoms with E-state index in [0.29, 0.717) is 6.54 Å². The number of aliphatic hydroxyl groups is 1. The second kappa shape index (κ2) is 11.3. The predicted molar refractivity (Wildman–Crippen MR) is 133 cm³/mol. The number of aliphatic hydroxyl groups excluding tert-OH is 1. The second-order valence-corrected chi connectivity index (χ2v) is 8.53. The molecule has 2 heterocycles. The van der Waals surface area contributed by atoms with Gasteiger partial charge in [-0.3, -0.25) is 4.79 Å². The molecular formula is C26H33N3O4. The van der Waals surface area contributed by atoms with Crippen molar-refractivity contribution in [1.29, 1.82) is 0 Å². The Balaban J connectivity index is 0.000000236. The molecule has 2 aromatic carbocycles. The summed E-state index contributed by atoms with van der Waals surface area (Å²) in [5.74, 6) is 0. The minimum absolute atomic E-state index is 0.394. The highest BCUT2D eigenvalue weighted by Crippen LogP contribution is 2.21. The van der Waals surface area contributed by atoms with Crippen LogP contribution in [0.5, 0.6) is 0 Å². The van der Waals surface area contributed by atoms with Gasteiger partial charge in [-0.1, -0.05) is 36.4 Å². The Morgan fingerprint density at radius 3 is 2.09 bits per heavy atom. The van der Waals surface area contributed by atoms with E-state index in [9.17, 15) is 9.59 Å². The van der Waals surface area contributed by atoms with Gasteiger partial charge in [0.15, 0.2) is 6.29 Å². The summed E-state index contributed by atoms with van der Waals surface area (Å²) in [4.78, 5) is 28.5. The van der Waals surface area contributed by atoms with Crippen molar-refractivity contribution in [2.24, 2.45) is 0 Å². The van der Waals surface area contributed by atoms with Crippen molar-refractivity contribution < 1.29 is 19.4 Å². The van der Waals surface area contributed by atoms with Crippen molar-refractivity contribution in [2.45, 2.75) is 46.8 Å². The number of rotatable bonds is 3. The van der Waals surface area contributed by atoms with E-state index in [2.05, 4.69) is 28.3 Å². The topological polar surface area (TPSA) is 107 Å². The zero-order valence-corrected chi connectivity index (χ0v) is 20.1. The van der Waals surface area contributed by atoms with Gasteiger partial charge in [0, 0.05) is 53.4 Å². The Bertz CT molecular complexity index is 1220. The summed E-state index contributed by atoms with van der Waals surface area (Å²) in [6.07, 6.45) is 4.15. The van der Waals surface area contributed by atoms with Crippen LogP contribution >= 0.6 is 0 Å². The van der Waals surface area contributed by atoms with Crippen LogP contribution in [0.4, 0.5) is 4.79 Å². The van der Waals surface area contributed by atoms with Crippen molar-refractivity contribution in [2.75, 3.05) is 7.11 Å². The molecule has 0 radical (unpaired) electrons. The van der Waals surface area contributed by atoms with Gasteiger partial charge in [-0.2, -0.15) is 0 Å². The number of aromatic nitrogens is 2. The Labute approximate surface area is 194 Å². The molecule has 0 saturated heterocycles. The molecule has 0 fully saturated rings. The van der Waals surface area contributed by atoms with Gasteiger partial charge in [0.1, 0.15) is 5.60 Å². The van der Waals surface area contributed by atoms with Crippen molar-refractivity contribution in [3.05, 3.63) is 71.0 Å². The molecule has 4 N–H and O–H groups in total. The number of amides is 1. The molecule has 1 amide bonds. The largest absolute Gasteiger partial charge is 0.444 e. The lowest BCUT2D eigenvalue weighted by molar-refractivity contribution is 0.0523. The maximum absolute atomic E-state index is 11.6. The number of carbonyl (C=O) groups excluding carboxylic acids is 2. The van der Waals surface area contributed by atoms with Crippen LogP contribution in [0.3, 0.4) is 0 Å². The standard InChI is InChI=1S/C15H20N2O2.C10H9NO.CH4O/c1-10-6-5-7-12-11(8-16-13(10)12)9-17-14(18)19-15(2,3)4;1-7-3-2-4-9-8(6-12)5-11-10(7)9;1-2/h5-8,16H,9H2,1-4H3,(H,17,18);2-6,11H,1H3;2H,1H3. The maximum atomic E-state index is 11.6. The van der Waals surface area contributed by atoms with Gasteiger partial charge < -0.3 is 25.1 Å². The molecule has 0 aliphatic carbocycles. The van der Waals surface area contributed by atoms with E-state index in [0.717, 1.165) is 46.3 Å². The van der Waals surface area contributed by atoms with Crippen LogP contribution in [0, 0.1) is 13.8 Å². The maximum Gasteiger partial charge on any atom is 0.407 e. The van der Waals surface area contributed by atoms with Crippen molar-refractivity contribution in [3.63, 3.8) is 0 Å². The normalized spacial score (nSPS) is 10.6. The van der Waals surface area contributed by atoms with Gasteiger partial charge in [-0.15, -0.1) is 0 Å². The molecule has 0 bridgehead atoms. The van der Waals surface area contributed by atoms with Crippen LogP contribution in [0.2, 0.25) is 0 Å². The van der Waals surface area contributed by atoms with E-state index in [1.807, 2.05) is 64.2 Å². The molecule has 0 aliphatic rings. The highest BCUT2D eigenvalue weighted by molar-refractivity contribution is 5.98. The van der Waals surface area contributed by atoms with Crippen LogP contribution in [-0.2, 0) is 11.3 Å². The number of alkyl carbamates (subject to hydrolysis) is 1. The smallest absolute Gasteiger partial charge is 0.407 e. The Morgan fingerprint density at radius 1 is 0.970 bits per heavy atom. The average Bonchev–Trinajstić information content (AvgIpc) is 3.38. The number of hydrogen-bond donors (Lipinski definition) is 4. The van der Waals surface area contributed by atoms with Gasteiger partial charge in [0.2, 0.25) is 0 Å². The number of ether oxygens (including phenoxy) is 1. The van der Waals surface area contributed by atoms with Gasteiger partial charge in [0.05, 0.1) is 0 Å². The number of aryl methyl sites for hydroxylation is 2. The molecule has 0 aliphatic heterocycles. The third-order valence-corrected chi connectivity index (χ3v) is 4.91. The lowest BCUT2D eigenvalue weighted by atomic mass is 10.1. The number of carbonyl (C=O) groups is 2. The summed E-state index contributed by atoms with van der Waals surface area (Å²) in [6, 6.07) is 12.0. The lowest BCUT2D eigenvalue weighted by Gasteiger charge is -2.19. The number of hydrogen-bond acceptors (Lipinski definition) is 4. The number of fused-ring (bicyclic) bond motifs is 2.